The lowest BCUT2D eigenvalue weighted by Crippen LogP contribution is -2.31. The predicted octanol–water partition coefficient (Wildman–Crippen LogP) is 3.68. The molecule has 3 rings (SSSR count). The first-order valence-corrected chi connectivity index (χ1v) is 9.32. The number of fused-ring (bicyclic) bond motifs is 1. The monoisotopic (exact) mass is 433 g/mol. The lowest BCUT2D eigenvalue weighted by Gasteiger charge is -2.16. The number of amides is 4. The number of anilines is 2. The van der Waals surface area contributed by atoms with Crippen molar-refractivity contribution in [3.05, 3.63) is 59.2 Å². The number of hydrogen-bond acceptors (Lipinski definition) is 4. The fraction of sp³-hybridized carbons (Fsp3) is 0.238. The van der Waals surface area contributed by atoms with Crippen molar-refractivity contribution in [2.75, 3.05) is 17.2 Å². The molecule has 0 saturated heterocycles. The van der Waals surface area contributed by atoms with Crippen LogP contribution in [-0.2, 0) is 15.8 Å². The normalized spacial score (nSPS) is 13.2. The van der Waals surface area contributed by atoms with Gasteiger partial charge in [0.25, 0.3) is 11.8 Å². The van der Waals surface area contributed by atoms with Crippen LogP contribution in [0.25, 0.3) is 0 Å². The van der Waals surface area contributed by atoms with E-state index in [0.29, 0.717) is 0 Å². The molecule has 2 aromatic carbocycles. The highest BCUT2D eigenvalue weighted by Gasteiger charge is 2.35. The molecule has 162 valence electrons. The van der Waals surface area contributed by atoms with Crippen molar-refractivity contribution in [1.82, 2.24) is 4.90 Å². The molecule has 0 fully saturated rings. The second-order valence-corrected chi connectivity index (χ2v) is 6.90. The number of alkyl halides is 3. The minimum Gasteiger partial charge on any atom is -0.326 e. The van der Waals surface area contributed by atoms with Gasteiger partial charge in [-0.2, -0.15) is 13.2 Å². The number of carbonyl (C=O) groups is 4. The Hall–Kier alpha value is -3.69. The van der Waals surface area contributed by atoms with Gasteiger partial charge >= 0.3 is 6.18 Å². The summed E-state index contributed by atoms with van der Waals surface area (Å²) in [5.41, 5.74) is -1.04. The number of imide groups is 1. The zero-order valence-electron chi connectivity index (χ0n) is 16.4. The van der Waals surface area contributed by atoms with Gasteiger partial charge in [-0.3, -0.25) is 24.1 Å². The molecule has 0 saturated carbocycles. The molecule has 1 aliphatic rings. The second kappa shape index (κ2) is 8.58. The molecule has 1 heterocycles. The van der Waals surface area contributed by atoms with Gasteiger partial charge in [0.2, 0.25) is 11.8 Å². The van der Waals surface area contributed by atoms with Gasteiger partial charge in [0.15, 0.2) is 0 Å². The smallest absolute Gasteiger partial charge is 0.326 e. The Bertz CT molecular complexity index is 1030. The molecule has 0 unspecified atom stereocenters. The third kappa shape index (κ3) is 4.90. The van der Waals surface area contributed by atoms with Crippen LogP contribution in [-0.4, -0.2) is 35.1 Å². The Kier molecular flexibility index (Phi) is 6.09. The SMILES string of the molecule is CC(=O)Nc1ccc(NC(=O)CCCN2C(=O)c3ccccc3C2=O)c(C(F)(F)F)c1. The van der Waals surface area contributed by atoms with E-state index >= 15 is 0 Å². The van der Waals surface area contributed by atoms with Crippen LogP contribution in [0.15, 0.2) is 42.5 Å². The lowest BCUT2D eigenvalue weighted by molar-refractivity contribution is -0.137. The molecule has 10 heteroatoms. The summed E-state index contributed by atoms with van der Waals surface area (Å²) in [5, 5.41) is 4.46. The highest BCUT2D eigenvalue weighted by atomic mass is 19.4. The molecule has 0 spiro atoms. The maximum atomic E-state index is 13.3. The molecule has 0 aliphatic carbocycles. The first kappa shape index (κ1) is 22.0. The Morgan fingerprint density at radius 3 is 2.13 bits per heavy atom. The van der Waals surface area contributed by atoms with Crippen LogP contribution in [0.5, 0.6) is 0 Å². The number of hydrogen-bond donors (Lipinski definition) is 2. The molecule has 31 heavy (non-hydrogen) atoms. The Balaban J connectivity index is 1.62. The molecule has 2 aromatic rings. The van der Waals surface area contributed by atoms with Crippen LogP contribution in [0.4, 0.5) is 24.5 Å². The summed E-state index contributed by atoms with van der Waals surface area (Å²) in [7, 11) is 0. The number of nitrogens with one attached hydrogen (secondary N) is 2. The third-order valence-electron chi connectivity index (χ3n) is 4.58. The van der Waals surface area contributed by atoms with E-state index in [1.165, 1.54) is 18.2 Å². The van der Waals surface area contributed by atoms with E-state index in [9.17, 15) is 32.3 Å². The van der Waals surface area contributed by atoms with Gasteiger partial charge in [0.05, 0.1) is 22.4 Å². The molecule has 2 N–H and O–H groups in total. The molecule has 0 bridgehead atoms. The Morgan fingerprint density at radius 1 is 0.968 bits per heavy atom. The first-order chi connectivity index (χ1) is 14.6. The van der Waals surface area contributed by atoms with Crippen LogP contribution in [0.2, 0.25) is 0 Å². The molecule has 0 atom stereocenters. The van der Waals surface area contributed by atoms with Crippen LogP contribution in [0, 0.1) is 0 Å². The Labute approximate surface area is 175 Å². The number of halogens is 3. The zero-order valence-corrected chi connectivity index (χ0v) is 16.4. The minimum absolute atomic E-state index is 0.0344. The summed E-state index contributed by atoms with van der Waals surface area (Å²) in [6, 6.07) is 9.36. The standard InChI is InChI=1S/C21H18F3N3O4/c1-12(28)25-13-8-9-17(16(11-13)21(22,23)24)26-18(29)7-4-10-27-19(30)14-5-2-3-6-15(14)20(27)31/h2-3,5-6,8-9,11H,4,7,10H2,1H3,(H,25,28)(H,26,29). The van der Waals surface area contributed by atoms with Gasteiger partial charge in [-0.25, -0.2) is 0 Å². The van der Waals surface area contributed by atoms with Crippen molar-refractivity contribution < 1.29 is 32.3 Å². The summed E-state index contributed by atoms with van der Waals surface area (Å²) in [5.74, 6) is -2.16. The van der Waals surface area contributed by atoms with E-state index in [1.54, 1.807) is 12.1 Å². The van der Waals surface area contributed by atoms with Crippen molar-refractivity contribution in [3.63, 3.8) is 0 Å². The molecule has 4 amide bonds. The first-order valence-electron chi connectivity index (χ1n) is 9.32. The fourth-order valence-electron chi connectivity index (χ4n) is 3.22. The molecular weight excluding hydrogens is 415 g/mol. The highest BCUT2D eigenvalue weighted by molar-refractivity contribution is 6.21. The highest BCUT2D eigenvalue weighted by Crippen LogP contribution is 2.36. The minimum atomic E-state index is -4.75. The lowest BCUT2D eigenvalue weighted by atomic mass is 10.1. The topological polar surface area (TPSA) is 95.6 Å². The Morgan fingerprint density at radius 2 is 1.58 bits per heavy atom. The van der Waals surface area contributed by atoms with E-state index in [0.717, 1.165) is 24.0 Å². The van der Waals surface area contributed by atoms with Crippen LogP contribution in [0.1, 0.15) is 46.0 Å². The summed E-state index contributed by atoms with van der Waals surface area (Å²) < 4.78 is 40.0. The van der Waals surface area contributed by atoms with Gasteiger partial charge < -0.3 is 10.6 Å². The average molecular weight is 433 g/mol. The summed E-state index contributed by atoms with van der Waals surface area (Å²) in [4.78, 5) is 48.8. The van der Waals surface area contributed by atoms with Crippen molar-refractivity contribution in [3.8, 4) is 0 Å². The van der Waals surface area contributed by atoms with E-state index in [1.807, 2.05) is 0 Å². The summed E-state index contributed by atoms with van der Waals surface area (Å²) >= 11 is 0. The van der Waals surface area contributed by atoms with E-state index < -0.39 is 41.1 Å². The largest absolute Gasteiger partial charge is 0.418 e. The van der Waals surface area contributed by atoms with Crippen molar-refractivity contribution in [2.45, 2.75) is 25.9 Å². The van der Waals surface area contributed by atoms with E-state index in [4.69, 9.17) is 0 Å². The van der Waals surface area contributed by atoms with Crippen molar-refractivity contribution >= 4 is 35.0 Å². The maximum absolute atomic E-state index is 13.3. The third-order valence-corrected chi connectivity index (χ3v) is 4.58. The van der Waals surface area contributed by atoms with Gasteiger partial charge in [0, 0.05) is 25.6 Å². The van der Waals surface area contributed by atoms with Crippen LogP contribution >= 0.6 is 0 Å². The number of carbonyl (C=O) groups excluding carboxylic acids is 4. The predicted molar refractivity (Wildman–Crippen MR) is 105 cm³/mol. The second-order valence-electron chi connectivity index (χ2n) is 6.90. The zero-order chi connectivity index (χ0) is 22.8. The molecule has 0 aromatic heterocycles. The van der Waals surface area contributed by atoms with Gasteiger partial charge in [-0.1, -0.05) is 12.1 Å². The molecular formula is C21H18F3N3O4. The number of nitrogens with zero attached hydrogens (tertiary/aromatic N) is 1. The summed E-state index contributed by atoms with van der Waals surface area (Å²) in [6.07, 6.45) is -4.86. The maximum Gasteiger partial charge on any atom is 0.418 e. The van der Waals surface area contributed by atoms with Gasteiger partial charge in [0.1, 0.15) is 0 Å². The van der Waals surface area contributed by atoms with Crippen molar-refractivity contribution in [2.24, 2.45) is 0 Å². The van der Waals surface area contributed by atoms with E-state index in [-0.39, 0.29) is 36.2 Å². The van der Waals surface area contributed by atoms with Crippen molar-refractivity contribution in [1.29, 1.82) is 0 Å². The van der Waals surface area contributed by atoms with Gasteiger partial charge in [-0.15, -0.1) is 0 Å². The molecule has 7 nitrogen and oxygen atoms in total. The summed E-state index contributed by atoms with van der Waals surface area (Å²) in [6.45, 7) is 1.13. The quantitative estimate of drug-likeness (QED) is 0.680. The van der Waals surface area contributed by atoms with Crippen LogP contribution < -0.4 is 10.6 Å². The average Bonchev–Trinajstić information content (AvgIpc) is 2.93. The number of benzene rings is 2. The fourth-order valence-corrected chi connectivity index (χ4v) is 3.22. The van der Waals surface area contributed by atoms with E-state index in [2.05, 4.69) is 10.6 Å². The molecule has 0 radical (unpaired) electrons. The number of rotatable bonds is 6. The molecule has 1 aliphatic heterocycles. The van der Waals surface area contributed by atoms with Crippen LogP contribution in [0.3, 0.4) is 0 Å². The van der Waals surface area contributed by atoms with Gasteiger partial charge in [-0.05, 0) is 36.8 Å².